The van der Waals surface area contributed by atoms with Gasteiger partial charge in [0.15, 0.2) is 5.58 Å². The van der Waals surface area contributed by atoms with E-state index in [1.54, 1.807) is 0 Å². The van der Waals surface area contributed by atoms with E-state index in [2.05, 4.69) is 120 Å². The second kappa shape index (κ2) is 12.1. The maximum atomic E-state index is 6.55. The average molecular weight is 695 g/mol. The Morgan fingerprint density at radius 3 is 1.78 bits per heavy atom. The van der Waals surface area contributed by atoms with Crippen LogP contribution in [0.3, 0.4) is 0 Å². The largest absolute Gasteiger partial charge is 0.456 e. The van der Waals surface area contributed by atoms with Crippen LogP contribution in [-0.4, -0.2) is 4.98 Å². The number of para-hydroxylation sites is 1. The molecular weight excluding hydrogens is 665 g/mol. The van der Waals surface area contributed by atoms with Gasteiger partial charge in [-0.15, -0.1) is 0 Å². The SMILES string of the molecule is c1ccc(-c2nc3cc4oc5cccc(N(c6ccc(-c7ccccc7-c7ccccc7)cc6)c6ccc7c(c6)oc6ccccc67)c5c4cc3o2)cc1. The third-order valence-electron chi connectivity index (χ3n) is 10.3. The standard InChI is InChI=1S/C49H30N2O3/c1-3-12-31(13-4-1)36-16-7-8-17-37(36)32-22-24-34(25-23-32)51(35-26-27-39-38-18-9-10-20-43(38)52-45(39)28-35)42-19-11-21-44-48(42)40-29-47-41(30-46(40)53-44)50-49(54-47)33-14-5-2-6-15-33/h1-30H. The van der Waals surface area contributed by atoms with Gasteiger partial charge in [0.1, 0.15) is 27.8 Å². The number of anilines is 3. The number of nitrogens with zero attached hydrogens (tertiary/aromatic N) is 2. The normalized spacial score (nSPS) is 11.7. The van der Waals surface area contributed by atoms with Crippen molar-refractivity contribution in [3.8, 4) is 33.7 Å². The highest BCUT2D eigenvalue weighted by molar-refractivity contribution is 6.16. The molecule has 0 fully saturated rings. The molecule has 5 nitrogen and oxygen atoms in total. The molecule has 3 heterocycles. The lowest BCUT2D eigenvalue weighted by atomic mass is 9.94. The molecule has 254 valence electrons. The van der Waals surface area contributed by atoms with Crippen LogP contribution in [0.4, 0.5) is 17.1 Å². The van der Waals surface area contributed by atoms with E-state index in [0.717, 1.165) is 77.6 Å². The molecule has 3 aromatic heterocycles. The smallest absolute Gasteiger partial charge is 0.227 e. The van der Waals surface area contributed by atoms with Crippen LogP contribution in [0.1, 0.15) is 0 Å². The summed E-state index contributed by atoms with van der Waals surface area (Å²) in [4.78, 5) is 7.10. The summed E-state index contributed by atoms with van der Waals surface area (Å²) in [6.07, 6.45) is 0. The summed E-state index contributed by atoms with van der Waals surface area (Å²) in [6.45, 7) is 0. The first-order valence-corrected chi connectivity index (χ1v) is 18.0. The fraction of sp³-hybridized carbons (Fsp3) is 0. The van der Waals surface area contributed by atoms with Crippen molar-refractivity contribution in [3.63, 3.8) is 0 Å². The molecule has 0 bridgehead atoms. The van der Waals surface area contributed by atoms with Gasteiger partial charge in [0, 0.05) is 45.2 Å². The third-order valence-corrected chi connectivity index (χ3v) is 10.3. The lowest BCUT2D eigenvalue weighted by molar-refractivity contribution is 0.620. The number of rotatable bonds is 6. The molecule has 0 amide bonds. The van der Waals surface area contributed by atoms with Crippen LogP contribution in [0.25, 0.3) is 88.7 Å². The zero-order valence-corrected chi connectivity index (χ0v) is 28.9. The molecule has 8 aromatic carbocycles. The molecule has 0 aliphatic heterocycles. The van der Waals surface area contributed by atoms with Gasteiger partial charge >= 0.3 is 0 Å². The van der Waals surface area contributed by atoms with Gasteiger partial charge in [-0.25, -0.2) is 4.98 Å². The molecular formula is C49H30N2O3. The Labute approximate surface area is 309 Å². The number of oxazole rings is 1. The number of hydrogen-bond donors (Lipinski definition) is 0. The highest BCUT2D eigenvalue weighted by atomic mass is 16.4. The number of fused-ring (bicyclic) bond motifs is 7. The molecule has 11 aromatic rings. The Balaban J connectivity index is 1.10. The van der Waals surface area contributed by atoms with E-state index in [4.69, 9.17) is 18.2 Å². The van der Waals surface area contributed by atoms with E-state index in [9.17, 15) is 0 Å². The number of furan rings is 2. The Morgan fingerprint density at radius 2 is 0.981 bits per heavy atom. The quantitative estimate of drug-likeness (QED) is 0.173. The summed E-state index contributed by atoms with van der Waals surface area (Å²) >= 11 is 0. The minimum absolute atomic E-state index is 0.581. The molecule has 11 rings (SSSR count). The van der Waals surface area contributed by atoms with Gasteiger partial charge in [-0.2, -0.15) is 0 Å². The van der Waals surface area contributed by atoms with Gasteiger partial charge < -0.3 is 18.2 Å². The van der Waals surface area contributed by atoms with E-state index < -0.39 is 0 Å². The van der Waals surface area contributed by atoms with Crippen molar-refractivity contribution in [2.75, 3.05) is 4.90 Å². The Morgan fingerprint density at radius 1 is 0.370 bits per heavy atom. The highest BCUT2D eigenvalue weighted by Gasteiger charge is 2.22. The molecule has 0 N–H and O–H groups in total. The van der Waals surface area contributed by atoms with Crippen molar-refractivity contribution in [2.24, 2.45) is 0 Å². The van der Waals surface area contributed by atoms with Crippen molar-refractivity contribution < 1.29 is 13.3 Å². The van der Waals surface area contributed by atoms with Gasteiger partial charge in [0.2, 0.25) is 5.89 Å². The first kappa shape index (κ1) is 30.3. The number of benzene rings is 8. The molecule has 0 saturated carbocycles. The molecule has 0 aliphatic rings. The summed E-state index contributed by atoms with van der Waals surface area (Å²) < 4.78 is 19.3. The van der Waals surface area contributed by atoms with Crippen molar-refractivity contribution in [2.45, 2.75) is 0 Å². The van der Waals surface area contributed by atoms with Gasteiger partial charge in [-0.05, 0) is 82.9 Å². The molecule has 0 unspecified atom stereocenters. The summed E-state index contributed by atoms with van der Waals surface area (Å²) in [7, 11) is 0. The van der Waals surface area contributed by atoms with Gasteiger partial charge in [0.25, 0.3) is 0 Å². The second-order valence-electron chi connectivity index (χ2n) is 13.5. The van der Waals surface area contributed by atoms with Crippen molar-refractivity contribution in [1.29, 1.82) is 0 Å². The summed E-state index contributed by atoms with van der Waals surface area (Å²) in [5.41, 5.74) is 13.2. The monoisotopic (exact) mass is 694 g/mol. The first-order chi connectivity index (χ1) is 26.7. The van der Waals surface area contributed by atoms with Crippen LogP contribution in [0.5, 0.6) is 0 Å². The summed E-state index contributed by atoms with van der Waals surface area (Å²) in [5.74, 6) is 0.581. The first-order valence-electron chi connectivity index (χ1n) is 18.0. The summed E-state index contributed by atoms with van der Waals surface area (Å²) in [5, 5.41) is 4.11. The van der Waals surface area contributed by atoms with Crippen LogP contribution in [0.2, 0.25) is 0 Å². The number of aromatic nitrogens is 1. The van der Waals surface area contributed by atoms with Gasteiger partial charge in [-0.1, -0.05) is 109 Å². The molecule has 54 heavy (non-hydrogen) atoms. The van der Waals surface area contributed by atoms with E-state index in [0.29, 0.717) is 11.5 Å². The van der Waals surface area contributed by atoms with Crippen LogP contribution in [0.15, 0.2) is 195 Å². The lowest BCUT2D eigenvalue weighted by Gasteiger charge is -2.26. The van der Waals surface area contributed by atoms with Gasteiger partial charge in [-0.3, -0.25) is 0 Å². The predicted octanol–water partition coefficient (Wildman–Crippen LogP) is 14.1. The molecule has 5 heteroatoms. The van der Waals surface area contributed by atoms with Crippen LogP contribution in [0, 0.1) is 0 Å². The fourth-order valence-electron chi connectivity index (χ4n) is 7.79. The lowest BCUT2D eigenvalue weighted by Crippen LogP contribution is -2.10. The van der Waals surface area contributed by atoms with Crippen molar-refractivity contribution >= 4 is 72.0 Å². The maximum absolute atomic E-state index is 6.55. The van der Waals surface area contributed by atoms with Crippen molar-refractivity contribution in [1.82, 2.24) is 4.98 Å². The zero-order chi connectivity index (χ0) is 35.6. The van der Waals surface area contributed by atoms with E-state index in [-0.39, 0.29) is 0 Å². The molecule has 0 saturated heterocycles. The Kier molecular flexibility index (Phi) is 6.79. The fourth-order valence-corrected chi connectivity index (χ4v) is 7.79. The van der Waals surface area contributed by atoms with E-state index in [1.807, 2.05) is 66.7 Å². The highest BCUT2D eigenvalue weighted by Crippen LogP contribution is 2.45. The minimum atomic E-state index is 0.581. The molecule has 0 aliphatic carbocycles. The maximum Gasteiger partial charge on any atom is 0.227 e. The molecule has 0 atom stereocenters. The van der Waals surface area contributed by atoms with E-state index >= 15 is 0 Å². The van der Waals surface area contributed by atoms with Crippen LogP contribution >= 0.6 is 0 Å². The Bertz CT molecular complexity index is 3160. The second-order valence-corrected chi connectivity index (χ2v) is 13.5. The topological polar surface area (TPSA) is 55.6 Å². The summed E-state index contributed by atoms with van der Waals surface area (Å²) in [6, 6.07) is 62.8. The van der Waals surface area contributed by atoms with Crippen molar-refractivity contribution in [3.05, 3.63) is 182 Å². The van der Waals surface area contributed by atoms with Gasteiger partial charge in [0.05, 0.1) is 11.1 Å². The minimum Gasteiger partial charge on any atom is -0.456 e. The van der Waals surface area contributed by atoms with E-state index in [1.165, 1.54) is 16.7 Å². The molecule has 0 radical (unpaired) electrons. The van der Waals surface area contributed by atoms with Crippen LogP contribution < -0.4 is 4.90 Å². The molecule has 0 spiro atoms. The zero-order valence-electron chi connectivity index (χ0n) is 28.9. The predicted molar refractivity (Wildman–Crippen MR) is 220 cm³/mol. The Hall–Kier alpha value is -7.37. The third kappa shape index (κ3) is 4.90. The number of hydrogen-bond acceptors (Lipinski definition) is 5. The van der Waals surface area contributed by atoms with Crippen LogP contribution in [-0.2, 0) is 0 Å². The average Bonchev–Trinajstić information content (AvgIpc) is 3.94.